The fourth-order valence-electron chi connectivity index (χ4n) is 1.74. The molecular weight excluding hydrogens is 282 g/mol. The van der Waals surface area contributed by atoms with Crippen LogP contribution in [0.1, 0.15) is 5.76 Å². The lowest BCUT2D eigenvalue weighted by Crippen LogP contribution is -2.49. The van der Waals surface area contributed by atoms with Crippen molar-refractivity contribution < 1.29 is 9.34 Å². The highest BCUT2D eigenvalue weighted by Crippen LogP contribution is 2.13. The molecule has 9 heteroatoms. The van der Waals surface area contributed by atoms with Crippen molar-refractivity contribution in [2.75, 3.05) is 33.2 Å². The highest BCUT2D eigenvalue weighted by molar-refractivity contribution is 7.80. The average Bonchev–Trinajstić information content (AvgIpc) is 2.88. The zero-order valence-electron chi connectivity index (χ0n) is 11.0. The van der Waals surface area contributed by atoms with Crippen LogP contribution in [0, 0.1) is 10.1 Å². The summed E-state index contributed by atoms with van der Waals surface area (Å²) in [6, 6.07) is 2.75. The van der Waals surface area contributed by atoms with Crippen LogP contribution in [0.25, 0.3) is 0 Å². The number of hydrazone groups is 1. The Balaban J connectivity index is 1.83. The van der Waals surface area contributed by atoms with Crippen LogP contribution < -0.4 is 5.43 Å². The third-order valence-electron chi connectivity index (χ3n) is 2.94. The largest absolute Gasteiger partial charge is 0.433 e. The lowest BCUT2D eigenvalue weighted by atomic mass is 10.3. The van der Waals surface area contributed by atoms with Gasteiger partial charge in [-0.05, 0) is 25.3 Å². The van der Waals surface area contributed by atoms with E-state index in [9.17, 15) is 10.1 Å². The number of rotatable bonds is 3. The lowest BCUT2D eigenvalue weighted by Gasteiger charge is -2.33. The maximum Gasteiger partial charge on any atom is 0.433 e. The van der Waals surface area contributed by atoms with E-state index in [0.717, 1.165) is 26.2 Å². The first-order valence-electron chi connectivity index (χ1n) is 6.07. The van der Waals surface area contributed by atoms with Crippen LogP contribution in [0.5, 0.6) is 0 Å². The molecule has 0 unspecified atom stereocenters. The van der Waals surface area contributed by atoms with E-state index in [2.05, 4.69) is 22.5 Å². The van der Waals surface area contributed by atoms with Gasteiger partial charge in [0.2, 0.25) is 0 Å². The smallest absolute Gasteiger partial charge is 0.400 e. The molecule has 1 fully saturated rings. The zero-order valence-corrected chi connectivity index (χ0v) is 11.8. The molecule has 0 atom stereocenters. The van der Waals surface area contributed by atoms with Gasteiger partial charge in [0.25, 0.3) is 0 Å². The summed E-state index contributed by atoms with van der Waals surface area (Å²) in [6.45, 7) is 3.61. The van der Waals surface area contributed by atoms with Gasteiger partial charge >= 0.3 is 5.88 Å². The number of thiocarbonyl (C=S) groups is 1. The van der Waals surface area contributed by atoms with Crippen molar-refractivity contribution >= 4 is 29.4 Å². The molecule has 2 heterocycles. The average molecular weight is 297 g/mol. The van der Waals surface area contributed by atoms with E-state index in [4.69, 9.17) is 16.6 Å². The Hall–Kier alpha value is -2.00. The number of nitrogens with zero attached hydrogens (tertiary/aromatic N) is 4. The molecule has 108 valence electrons. The molecule has 0 spiro atoms. The molecule has 0 amide bonds. The normalized spacial score (nSPS) is 16.6. The highest BCUT2D eigenvalue weighted by atomic mass is 32.1. The van der Waals surface area contributed by atoms with Gasteiger partial charge < -0.3 is 14.2 Å². The van der Waals surface area contributed by atoms with Crippen molar-refractivity contribution in [1.82, 2.24) is 15.2 Å². The van der Waals surface area contributed by atoms with Gasteiger partial charge in [-0.3, -0.25) is 15.5 Å². The SMILES string of the molecule is CN1CCN(C(=S)N/N=C\c2ccc([N+](=O)[O-])o2)CC1. The predicted octanol–water partition coefficient (Wildman–Crippen LogP) is 0.644. The Morgan fingerprint density at radius 3 is 2.80 bits per heavy atom. The fraction of sp³-hybridized carbons (Fsp3) is 0.455. The molecule has 0 saturated carbocycles. The molecule has 8 nitrogen and oxygen atoms in total. The molecular formula is C11H15N5O3S. The summed E-state index contributed by atoms with van der Waals surface area (Å²) >= 11 is 5.22. The second-order valence-corrected chi connectivity index (χ2v) is 4.79. The number of nitro groups is 1. The molecule has 1 N–H and O–H groups in total. The van der Waals surface area contributed by atoms with Crippen LogP contribution in [0.15, 0.2) is 21.7 Å². The number of piperazine rings is 1. The van der Waals surface area contributed by atoms with Gasteiger partial charge in [-0.15, -0.1) is 0 Å². The van der Waals surface area contributed by atoms with Crippen molar-refractivity contribution in [2.24, 2.45) is 5.10 Å². The van der Waals surface area contributed by atoms with Gasteiger partial charge in [-0.1, -0.05) is 0 Å². The first kappa shape index (κ1) is 14.4. The molecule has 1 saturated heterocycles. The maximum absolute atomic E-state index is 10.4. The van der Waals surface area contributed by atoms with Gasteiger partial charge in [-0.25, -0.2) is 0 Å². The van der Waals surface area contributed by atoms with Crippen molar-refractivity contribution in [3.8, 4) is 0 Å². The van der Waals surface area contributed by atoms with E-state index < -0.39 is 4.92 Å². The number of nitrogens with one attached hydrogen (secondary N) is 1. The van der Waals surface area contributed by atoms with E-state index in [0.29, 0.717) is 10.9 Å². The first-order valence-corrected chi connectivity index (χ1v) is 6.48. The zero-order chi connectivity index (χ0) is 14.5. The summed E-state index contributed by atoms with van der Waals surface area (Å²) in [5.74, 6) is -0.0153. The lowest BCUT2D eigenvalue weighted by molar-refractivity contribution is -0.402. The van der Waals surface area contributed by atoms with E-state index >= 15 is 0 Å². The minimum atomic E-state index is -0.598. The van der Waals surface area contributed by atoms with Gasteiger partial charge in [0, 0.05) is 26.2 Å². The molecule has 0 bridgehead atoms. The van der Waals surface area contributed by atoms with Crippen LogP contribution in [0.2, 0.25) is 0 Å². The van der Waals surface area contributed by atoms with Crippen LogP contribution >= 0.6 is 12.2 Å². The van der Waals surface area contributed by atoms with Gasteiger partial charge in [0.15, 0.2) is 10.9 Å². The molecule has 0 aliphatic carbocycles. The maximum atomic E-state index is 10.4. The quantitative estimate of drug-likeness (QED) is 0.379. The van der Waals surface area contributed by atoms with Gasteiger partial charge in [0.1, 0.15) is 4.92 Å². The summed E-state index contributed by atoms with van der Waals surface area (Å²) < 4.78 is 4.93. The molecule has 1 aromatic heterocycles. The first-order chi connectivity index (χ1) is 9.56. The Labute approximate surface area is 121 Å². The van der Waals surface area contributed by atoms with E-state index in [1.807, 2.05) is 4.90 Å². The van der Waals surface area contributed by atoms with Crippen molar-refractivity contribution in [1.29, 1.82) is 0 Å². The second-order valence-electron chi connectivity index (χ2n) is 4.40. The van der Waals surface area contributed by atoms with Gasteiger partial charge in [-0.2, -0.15) is 5.10 Å². The van der Waals surface area contributed by atoms with Crippen molar-refractivity contribution in [2.45, 2.75) is 0 Å². The monoisotopic (exact) mass is 297 g/mol. The summed E-state index contributed by atoms with van der Waals surface area (Å²) in [4.78, 5) is 14.1. The Bertz CT molecular complexity index is 522. The highest BCUT2D eigenvalue weighted by Gasteiger charge is 2.15. The van der Waals surface area contributed by atoms with E-state index in [-0.39, 0.29) is 5.88 Å². The molecule has 1 aliphatic rings. The number of furan rings is 1. The Morgan fingerprint density at radius 2 is 2.20 bits per heavy atom. The summed E-state index contributed by atoms with van der Waals surface area (Å²) in [5.41, 5.74) is 2.73. The third kappa shape index (κ3) is 3.75. The second kappa shape index (κ2) is 6.44. The summed E-state index contributed by atoms with van der Waals surface area (Å²) in [7, 11) is 2.07. The number of likely N-dealkylation sites (N-methyl/N-ethyl adjacent to an activating group) is 1. The van der Waals surface area contributed by atoms with Gasteiger partial charge in [0.05, 0.1) is 12.3 Å². The Kier molecular flexibility index (Phi) is 4.64. The Morgan fingerprint density at radius 1 is 1.50 bits per heavy atom. The van der Waals surface area contributed by atoms with Crippen molar-refractivity contribution in [3.63, 3.8) is 0 Å². The molecule has 2 rings (SSSR count). The summed E-state index contributed by atoms with van der Waals surface area (Å²) in [6.07, 6.45) is 1.36. The van der Waals surface area contributed by atoms with E-state index in [1.54, 1.807) is 0 Å². The number of hydrogen-bond acceptors (Lipinski definition) is 6. The molecule has 0 radical (unpaired) electrons. The van der Waals surface area contributed by atoms with E-state index in [1.165, 1.54) is 18.3 Å². The van der Waals surface area contributed by atoms with Crippen LogP contribution in [-0.2, 0) is 0 Å². The fourth-order valence-corrected chi connectivity index (χ4v) is 1.98. The minimum absolute atomic E-state index is 0.297. The molecule has 0 aromatic carbocycles. The van der Waals surface area contributed by atoms with Crippen LogP contribution in [0.4, 0.5) is 5.88 Å². The van der Waals surface area contributed by atoms with Crippen LogP contribution in [-0.4, -0.2) is 59.3 Å². The van der Waals surface area contributed by atoms with Crippen molar-refractivity contribution in [3.05, 3.63) is 28.0 Å². The molecule has 1 aliphatic heterocycles. The predicted molar refractivity (Wildman–Crippen MR) is 77.8 cm³/mol. The molecule has 20 heavy (non-hydrogen) atoms. The number of hydrogen-bond donors (Lipinski definition) is 1. The minimum Gasteiger partial charge on any atom is -0.400 e. The molecule has 1 aromatic rings. The van der Waals surface area contributed by atoms with Crippen LogP contribution in [0.3, 0.4) is 0 Å². The topological polar surface area (TPSA) is 87.1 Å². The third-order valence-corrected chi connectivity index (χ3v) is 3.28. The summed E-state index contributed by atoms with van der Waals surface area (Å²) in [5, 5.41) is 14.9. The standard InChI is InChI=1S/C11H15N5O3S/c1-14-4-6-15(7-5-14)11(20)13-12-8-9-2-3-10(19-9)16(17)18/h2-3,8H,4-7H2,1H3,(H,13,20)/b12-8-.